The second-order valence-electron chi connectivity index (χ2n) is 3.42. The highest BCUT2D eigenvalue weighted by Crippen LogP contribution is 2.22. The first-order valence-electron chi connectivity index (χ1n) is 5.13. The average molecular weight is 276 g/mol. The number of nitrogens with one attached hydrogen (secondary N) is 1. The fourth-order valence-electron chi connectivity index (χ4n) is 1.55. The monoisotopic (exact) mass is 276 g/mol. The third kappa shape index (κ3) is 2.05. The van der Waals surface area contributed by atoms with E-state index in [1.165, 1.54) is 22.7 Å². The normalized spacial score (nSPS) is 10.4. The first kappa shape index (κ1) is 11.1. The van der Waals surface area contributed by atoms with E-state index in [2.05, 4.69) is 15.5 Å². The van der Waals surface area contributed by atoms with Crippen LogP contribution >= 0.6 is 22.7 Å². The Balaban J connectivity index is 1.89. The molecule has 0 aromatic carbocycles. The van der Waals surface area contributed by atoms with Gasteiger partial charge in [-0.05, 0) is 23.6 Å². The number of hydrogen-bond acceptors (Lipinski definition) is 5. The highest BCUT2D eigenvalue weighted by Gasteiger charge is 2.15. The van der Waals surface area contributed by atoms with E-state index >= 15 is 0 Å². The second kappa shape index (κ2) is 4.71. The van der Waals surface area contributed by atoms with Gasteiger partial charge in [0, 0.05) is 12.4 Å². The molecule has 0 saturated carbocycles. The zero-order chi connectivity index (χ0) is 12.4. The number of carbonyl (C=O) groups excluding carboxylic acids is 1. The number of nitrogens with zero attached hydrogens (tertiary/aromatic N) is 3. The maximum Gasteiger partial charge on any atom is 0.269 e. The lowest BCUT2D eigenvalue weighted by Gasteiger charge is -2.04. The largest absolute Gasteiger partial charge is 0.322 e. The van der Waals surface area contributed by atoms with Crippen LogP contribution in [0.15, 0.2) is 41.5 Å². The number of hydrogen-bond donors (Lipinski definition) is 1. The van der Waals surface area contributed by atoms with Crippen LogP contribution in [0.25, 0.3) is 5.69 Å². The molecule has 0 aliphatic heterocycles. The molecule has 0 saturated heterocycles. The van der Waals surface area contributed by atoms with Gasteiger partial charge in [0.2, 0.25) is 5.13 Å². The molecule has 0 fully saturated rings. The van der Waals surface area contributed by atoms with E-state index in [9.17, 15) is 4.79 Å². The van der Waals surface area contributed by atoms with Crippen molar-refractivity contribution in [3.8, 4) is 5.69 Å². The molecule has 1 N–H and O–H groups in total. The summed E-state index contributed by atoms with van der Waals surface area (Å²) in [6.07, 6.45) is 3.81. The first-order valence-corrected chi connectivity index (χ1v) is 6.89. The van der Waals surface area contributed by atoms with Crippen molar-refractivity contribution in [2.75, 3.05) is 5.32 Å². The number of thiophene rings is 1. The van der Waals surface area contributed by atoms with Crippen molar-refractivity contribution in [1.82, 2.24) is 14.8 Å². The molecular formula is C11H8N4OS2. The van der Waals surface area contributed by atoms with Crippen molar-refractivity contribution in [3.05, 3.63) is 46.4 Å². The van der Waals surface area contributed by atoms with Gasteiger partial charge >= 0.3 is 0 Å². The summed E-state index contributed by atoms with van der Waals surface area (Å²) in [4.78, 5) is 12.8. The number of carbonyl (C=O) groups is 1. The lowest BCUT2D eigenvalue weighted by Crippen LogP contribution is -2.12. The van der Waals surface area contributed by atoms with Gasteiger partial charge in [0.15, 0.2) is 0 Å². The van der Waals surface area contributed by atoms with Gasteiger partial charge < -0.3 is 4.57 Å². The lowest BCUT2D eigenvalue weighted by atomic mass is 10.3. The Morgan fingerprint density at radius 3 is 2.83 bits per heavy atom. The Morgan fingerprint density at radius 2 is 2.11 bits per heavy atom. The van der Waals surface area contributed by atoms with E-state index in [4.69, 9.17) is 0 Å². The number of amides is 1. The summed E-state index contributed by atoms with van der Waals surface area (Å²) < 4.78 is 1.91. The zero-order valence-corrected chi connectivity index (χ0v) is 10.7. The maximum atomic E-state index is 12.1. The fourth-order valence-corrected chi connectivity index (χ4v) is 2.78. The minimum absolute atomic E-state index is 0.162. The molecule has 90 valence electrons. The van der Waals surface area contributed by atoms with E-state index in [0.717, 1.165) is 5.69 Å². The Morgan fingerprint density at radius 1 is 1.28 bits per heavy atom. The van der Waals surface area contributed by atoms with E-state index in [0.29, 0.717) is 10.0 Å². The van der Waals surface area contributed by atoms with Crippen LogP contribution in [-0.4, -0.2) is 20.7 Å². The first-order chi connectivity index (χ1) is 8.84. The Bertz CT molecular complexity index is 642. The smallest absolute Gasteiger partial charge is 0.269 e. The van der Waals surface area contributed by atoms with Crippen LogP contribution in [0, 0.1) is 0 Å². The summed E-state index contributed by atoms with van der Waals surface area (Å²) >= 11 is 2.70. The molecular weight excluding hydrogens is 268 g/mol. The molecule has 0 spiro atoms. The third-order valence-corrected chi connectivity index (χ3v) is 3.82. The molecule has 7 heteroatoms. The second-order valence-corrected chi connectivity index (χ2v) is 5.17. The fraction of sp³-hybridized carbons (Fsp3) is 0. The Labute approximate surface area is 111 Å². The molecule has 0 aliphatic rings. The molecule has 0 unspecified atom stereocenters. The quantitative estimate of drug-likeness (QED) is 0.800. The van der Waals surface area contributed by atoms with Crippen molar-refractivity contribution in [2.45, 2.75) is 0 Å². The number of rotatable bonds is 3. The van der Waals surface area contributed by atoms with Crippen LogP contribution in [0.5, 0.6) is 0 Å². The topological polar surface area (TPSA) is 59.8 Å². The van der Waals surface area contributed by atoms with Crippen LogP contribution in [-0.2, 0) is 0 Å². The predicted molar refractivity (Wildman–Crippen MR) is 71.5 cm³/mol. The van der Waals surface area contributed by atoms with E-state index in [-0.39, 0.29) is 5.91 Å². The molecule has 3 aromatic rings. The van der Waals surface area contributed by atoms with Crippen LogP contribution in [0.4, 0.5) is 5.13 Å². The van der Waals surface area contributed by atoms with Crippen molar-refractivity contribution in [2.24, 2.45) is 0 Å². The Kier molecular flexibility index (Phi) is 2.91. The van der Waals surface area contributed by atoms with E-state index in [1.54, 1.807) is 5.51 Å². The standard InChI is InChI=1S/C11H8N4OS2/c16-10(13-11-14-12-7-18-11)9-8(3-6-17-9)15-4-1-2-5-15/h1-7H,(H,13,14,16). The van der Waals surface area contributed by atoms with Gasteiger partial charge in [0.05, 0.1) is 5.69 Å². The van der Waals surface area contributed by atoms with Gasteiger partial charge in [0.25, 0.3) is 5.91 Å². The number of anilines is 1. The molecule has 0 atom stereocenters. The molecule has 3 rings (SSSR count). The van der Waals surface area contributed by atoms with Crippen LogP contribution < -0.4 is 5.32 Å². The third-order valence-electron chi connectivity index (χ3n) is 2.31. The lowest BCUT2D eigenvalue weighted by molar-refractivity contribution is 0.103. The van der Waals surface area contributed by atoms with Gasteiger partial charge in [-0.3, -0.25) is 10.1 Å². The SMILES string of the molecule is O=C(Nc1nncs1)c1sccc1-n1cccc1. The van der Waals surface area contributed by atoms with Gasteiger partial charge in [-0.25, -0.2) is 0 Å². The van der Waals surface area contributed by atoms with Crippen molar-refractivity contribution in [3.63, 3.8) is 0 Å². The van der Waals surface area contributed by atoms with Gasteiger partial charge in [-0.1, -0.05) is 11.3 Å². The summed E-state index contributed by atoms with van der Waals surface area (Å²) in [6, 6.07) is 5.76. The van der Waals surface area contributed by atoms with Gasteiger partial charge in [-0.15, -0.1) is 21.5 Å². The molecule has 3 aromatic heterocycles. The molecule has 3 heterocycles. The summed E-state index contributed by atoms with van der Waals surface area (Å²) in [5, 5.41) is 12.6. The molecule has 0 bridgehead atoms. The molecule has 0 aliphatic carbocycles. The van der Waals surface area contributed by atoms with Crippen LogP contribution in [0.2, 0.25) is 0 Å². The predicted octanol–water partition coefficient (Wildman–Crippen LogP) is 2.64. The maximum absolute atomic E-state index is 12.1. The zero-order valence-electron chi connectivity index (χ0n) is 9.11. The summed E-state index contributed by atoms with van der Waals surface area (Å²) in [5.41, 5.74) is 2.45. The van der Waals surface area contributed by atoms with E-state index in [1.807, 2.05) is 40.5 Å². The number of aromatic nitrogens is 3. The van der Waals surface area contributed by atoms with Crippen LogP contribution in [0.1, 0.15) is 9.67 Å². The van der Waals surface area contributed by atoms with Crippen LogP contribution in [0.3, 0.4) is 0 Å². The summed E-state index contributed by atoms with van der Waals surface area (Å²) in [5.74, 6) is -0.162. The van der Waals surface area contributed by atoms with Crippen molar-refractivity contribution < 1.29 is 4.79 Å². The van der Waals surface area contributed by atoms with Gasteiger partial charge in [0.1, 0.15) is 10.4 Å². The molecule has 0 radical (unpaired) electrons. The Hall–Kier alpha value is -1.99. The molecule has 5 nitrogen and oxygen atoms in total. The van der Waals surface area contributed by atoms with E-state index < -0.39 is 0 Å². The molecule has 18 heavy (non-hydrogen) atoms. The minimum atomic E-state index is -0.162. The van der Waals surface area contributed by atoms with Crippen molar-refractivity contribution in [1.29, 1.82) is 0 Å². The molecule has 1 amide bonds. The highest BCUT2D eigenvalue weighted by atomic mass is 32.1. The van der Waals surface area contributed by atoms with Gasteiger partial charge in [-0.2, -0.15) is 0 Å². The summed E-state index contributed by atoms with van der Waals surface area (Å²) in [6.45, 7) is 0. The highest BCUT2D eigenvalue weighted by molar-refractivity contribution is 7.14. The average Bonchev–Trinajstić information content (AvgIpc) is 3.11. The summed E-state index contributed by atoms with van der Waals surface area (Å²) in [7, 11) is 0. The minimum Gasteiger partial charge on any atom is -0.322 e. The van der Waals surface area contributed by atoms with Crippen molar-refractivity contribution >= 4 is 33.7 Å².